The van der Waals surface area contributed by atoms with Crippen molar-refractivity contribution in [3.8, 4) is 0 Å². The third kappa shape index (κ3) is 3.63. The first-order valence-corrected chi connectivity index (χ1v) is 5.93. The monoisotopic (exact) mass is 264 g/mol. The Morgan fingerprint density at radius 3 is 2.39 bits per heavy atom. The van der Waals surface area contributed by atoms with Gasteiger partial charge < -0.3 is 29.9 Å². The maximum Gasteiger partial charge on any atom is 0.305 e. The van der Waals surface area contributed by atoms with Crippen molar-refractivity contribution in [2.24, 2.45) is 0 Å². The SMILES string of the molecule is CCC(CC(=O)O)O[C@@H]1OC(C)[C@H](O)C(O)C1O. The van der Waals surface area contributed by atoms with Gasteiger partial charge >= 0.3 is 5.97 Å². The molecular weight excluding hydrogens is 244 g/mol. The third-order valence-electron chi connectivity index (χ3n) is 2.99. The molecule has 0 spiro atoms. The molecule has 1 saturated heterocycles. The van der Waals surface area contributed by atoms with Crippen molar-refractivity contribution >= 4 is 5.97 Å². The number of aliphatic carboxylic acids is 1. The molecule has 0 aromatic rings. The summed E-state index contributed by atoms with van der Waals surface area (Å²) < 4.78 is 10.5. The molecule has 18 heavy (non-hydrogen) atoms. The second-order valence-electron chi connectivity index (χ2n) is 4.45. The molecule has 6 atom stereocenters. The molecule has 0 aromatic carbocycles. The van der Waals surface area contributed by atoms with Crippen LogP contribution in [0.1, 0.15) is 26.7 Å². The fraction of sp³-hybridized carbons (Fsp3) is 0.909. The number of hydrogen-bond donors (Lipinski definition) is 4. The van der Waals surface area contributed by atoms with Gasteiger partial charge in [0.05, 0.1) is 18.6 Å². The minimum absolute atomic E-state index is 0.212. The highest BCUT2D eigenvalue weighted by Crippen LogP contribution is 2.23. The summed E-state index contributed by atoms with van der Waals surface area (Å²) in [6, 6.07) is 0. The van der Waals surface area contributed by atoms with E-state index in [1.807, 2.05) is 0 Å². The van der Waals surface area contributed by atoms with Crippen LogP contribution in [0.3, 0.4) is 0 Å². The molecule has 1 heterocycles. The first kappa shape index (κ1) is 15.3. The van der Waals surface area contributed by atoms with Gasteiger partial charge in [0.15, 0.2) is 6.29 Å². The van der Waals surface area contributed by atoms with Crippen molar-refractivity contribution in [3.05, 3.63) is 0 Å². The Morgan fingerprint density at radius 2 is 1.89 bits per heavy atom. The second-order valence-corrected chi connectivity index (χ2v) is 4.45. The molecule has 1 aliphatic heterocycles. The van der Waals surface area contributed by atoms with Gasteiger partial charge in [-0.25, -0.2) is 0 Å². The number of aliphatic hydroxyl groups is 3. The molecule has 0 aliphatic carbocycles. The van der Waals surface area contributed by atoms with Crippen molar-refractivity contribution in [2.45, 2.75) is 63.5 Å². The van der Waals surface area contributed by atoms with E-state index in [2.05, 4.69) is 0 Å². The zero-order valence-corrected chi connectivity index (χ0v) is 10.4. The molecule has 0 bridgehead atoms. The lowest BCUT2D eigenvalue weighted by atomic mass is 10.00. The van der Waals surface area contributed by atoms with E-state index < -0.39 is 42.8 Å². The predicted octanol–water partition coefficient (Wildman–Crippen LogP) is -0.916. The maximum absolute atomic E-state index is 10.6. The van der Waals surface area contributed by atoms with Crippen molar-refractivity contribution in [3.63, 3.8) is 0 Å². The predicted molar refractivity (Wildman–Crippen MR) is 59.8 cm³/mol. The van der Waals surface area contributed by atoms with E-state index in [0.717, 1.165) is 0 Å². The summed E-state index contributed by atoms with van der Waals surface area (Å²) in [5, 5.41) is 37.4. The molecule has 0 aromatic heterocycles. The molecule has 0 amide bonds. The zero-order chi connectivity index (χ0) is 13.9. The van der Waals surface area contributed by atoms with Crippen molar-refractivity contribution in [1.29, 1.82) is 0 Å². The lowest BCUT2D eigenvalue weighted by Gasteiger charge is -2.40. The Balaban J connectivity index is 2.62. The molecule has 7 nitrogen and oxygen atoms in total. The Kier molecular flexibility index (Phi) is 5.48. The van der Waals surface area contributed by atoms with Gasteiger partial charge in [0, 0.05) is 0 Å². The van der Waals surface area contributed by atoms with Crippen LogP contribution in [0, 0.1) is 0 Å². The van der Waals surface area contributed by atoms with E-state index >= 15 is 0 Å². The minimum atomic E-state index is -1.40. The molecule has 1 fully saturated rings. The number of aliphatic hydroxyl groups excluding tert-OH is 3. The molecule has 4 unspecified atom stereocenters. The average molecular weight is 264 g/mol. The lowest BCUT2D eigenvalue weighted by Crippen LogP contribution is -2.58. The highest BCUT2D eigenvalue weighted by atomic mass is 16.7. The normalized spacial score (nSPS) is 38.4. The summed E-state index contributed by atoms with van der Waals surface area (Å²) in [5.74, 6) is -1.01. The van der Waals surface area contributed by atoms with Crippen LogP contribution in [0.25, 0.3) is 0 Å². The number of carboxylic acids is 1. The van der Waals surface area contributed by atoms with Gasteiger partial charge in [-0.2, -0.15) is 0 Å². The molecule has 1 rings (SSSR count). The fourth-order valence-electron chi connectivity index (χ4n) is 1.80. The maximum atomic E-state index is 10.6. The van der Waals surface area contributed by atoms with Crippen LogP contribution in [0.5, 0.6) is 0 Å². The molecule has 1 aliphatic rings. The summed E-state index contributed by atoms with van der Waals surface area (Å²) in [6.07, 6.45) is -6.20. The van der Waals surface area contributed by atoms with Gasteiger partial charge in [-0.05, 0) is 13.3 Å². The van der Waals surface area contributed by atoms with Gasteiger partial charge in [-0.15, -0.1) is 0 Å². The van der Waals surface area contributed by atoms with E-state index in [4.69, 9.17) is 14.6 Å². The summed E-state index contributed by atoms with van der Waals surface area (Å²) in [6.45, 7) is 3.28. The largest absolute Gasteiger partial charge is 0.481 e. The van der Waals surface area contributed by atoms with Crippen LogP contribution in [-0.2, 0) is 14.3 Å². The van der Waals surface area contributed by atoms with E-state index in [-0.39, 0.29) is 6.42 Å². The summed E-state index contributed by atoms with van der Waals surface area (Å²) in [4.78, 5) is 10.6. The molecule has 7 heteroatoms. The van der Waals surface area contributed by atoms with Crippen molar-refractivity contribution < 1.29 is 34.7 Å². The topological polar surface area (TPSA) is 116 Å². The molecule has 0 radical (unpaired) electrons. The van der Waals surface area contributed by atoms with Gasteiger partial charge in [0.25, 0.3) is 0 Å². The number of hydrogen-bond acceptors (Lipinski definition) is 6. The highest BCUT2D eigenvalue weighted by Gasteiger charge is 2.43. The van der Waals surface area contributed by atoms with Gasteiger partial charge in [-0.1, -0.05) is 6.92 Å². The van der Waals surface area contributed by atoms with E-state index in [9.17, 15) is 20.1 Å². The molecule has 106 valence electrons. The number of carbonyl (C=O) groups is 1. The fourth-order valence-corrected chi connectivity index (χ4v) is 1.80. The van der Waals surface area contributed by atoms with Gasteiger partial charge in [-0.3, -0.25) is 4.79 Å². The number of carboxylic acid groups (broad SMARTS) is 1. The van der Waals surface area contributed by atoms with Crippen molar-refractivity contribution in [2.75, 3.05) is 0 Å². The Bertz CT molecular complexity index is 283. The average Bonchev–Trinajstić information content (AvgIpc) is 2.31. The minimum Gasteiger partial charge on any atom is -0.481 e. The molecule has 0 saturated carbocycles. The Morgan fingerprint density at radius 1 is 1.28 bits per heavy atom. The molecular formula is C11H20O7. The van der Waals surface area contributed by atoms with Crippen LogP contribution < -0.4 is 0 Å². The van der Waals surface area contributed by atoms with Crippen LogP contribution >= 0.6 is 0 Å². The summed E-state index contributed by atoms with van der Waals surface area (Å²) in [7, 11) is 0. The Hall–Kier alpha value is -0.730. The summed E-state index contributed by atoms with van der Waals surface area (Å²) >= 11 is 0. The molecule has 4 N–H and O–H groups in total. The van der Waals surface area contributed by atoms with E-state index in [1.165, 1.54) is 6.92 Å². The van der Waals surface area contributed by atoms with Crippen LogP contribution in [0.15, 0.2) is 0 Å². The zero-order valence-electron chi connectivity index (χ0n) is 10.4. The van der Waals surface area contributed by atoms with Gasteiger partial charge in [0.2, 0.25) is 0 Å². The van der Waals surface area contributed by atoms with Crippen LogP contribution in [0.4, 0.5) is 0 Å². The standard InChI is InChI=1S/C11H20O7/c1-3-6(4-7(12)13)18-11-10(16)9(15)8(14)5(2)17-11/h5-6,8-11,14-16H,3-4H2,1-2H3,(H,12,13)/t5?,6?,8-,9?,10?,11-/m0/s1. The number of rotatable bonds is 5. The quantitative estimate of drug-likeness (QED) is 0.507. The van der Waals surface area contributed by atoms with Crippen LogP contribution in [-0.4, -0.2) is 63.2 Å². The highest BCUT2D eigenvalue weighted by molar-refractivity contribution is 5.67. The second kappa shape index (κ2) is 6.44. The van der Waals surface area contributed by atoms with Crippen molar-refractivity contribution in [1.82, 2.24) is 0 Å². The summed E-state index contributed by atoms with van der Waals surface area (Å²) in [5.41, 5.74) is 0. The number of ether oxygens (including phenoxy) is 2. The Labute approximate surface area is 105 Å². The lowest BCUT2D eigenvalue weighted by molar-refractivity contribution is -0.304. The first-order chi connectivity index (χ1) is 8.36. The van der Waals surface area contributed by atoms with E-state index in [0.29, 0.717) is 6.42 Å². The smallest absolute Gasteiger partial charge is 0.305 e. The first-order valence-electron chi connectivity index (χ1n) is 5.93. The van der Waals surface area contributed by atoms with E-state index in [1.54, 1.807) is 6.92 Å². The third-order valence-corrected chi connectivity index (χ3v) is 2.99. The van der Waals surface area contributed by atoms with Crippen LogP contribution in [0.2, 0.25) is 0 Å². The van der Waals surface area contributed by atoms with Gasteiger partial charge in [0.1, 0.15) is 18.3 Å².